The number of hydrogen-bond donors (Lipinski definition) is 0. The normalized spacial score (nSPS) is 10.1. The molecule has 0 bridgehead atoms. The number of rotatable bonds is 5. The molecule has 0 N–H and O–H groups in total. The molecule has 0 aliphatic heterocycles. The van der Waals surface area contributed by atoms with Crippen LogP contribution >= 0.6 is 31.9 Å². The molecule has 0 heterocycles. The molecule has 0 fully saturated rings. The molecule has 0 atom stereocenters. The minimum atomic E-state index is -0.881. The summed E-state index contributed by atoms with van der Waals surface area (Å²) < 4.78 is 17.4. The van der Waals surface area contributed by atoms with Crippen molar-refractivity contribution in [3.8, 4) is 5.75 Å². The van der Waals surface area contributed by atoms with Crippen molar-refractivity contribution in [3.05, 3.63) is 28.2 Å². The second-order valence-corrected chi connectivity index (χ2v) is 4.28. The number of carbonyl (C=O) groups is 1. The highest BCUT2D eigenvalue weighted by atomic mass is 79.9. The third-order valence-electron chi connectivity index (χ3n) is 1.76. The largest absolute Gasteiger partial charge is 0.462 e. The summed E-state index contributed by atoms with van der Waals surface area (Å²) in [4.78, 5) is 11.2. The molecule has 1 aromatic carbocycles. The van der Waals surface area contributed by atoms with Gasteiger partial charge < -0.3 is 4.74 Å². The van der Waals surface area contributed by atoms with Gasteiger partial charge in [-0.15, -0.1) is 0 Å². The van der Waals surface area contributed by atoms with E-state index in [1.807, 2.05) is 0 Å². The first kappa shape index (κ1) is 12.6. The van der Waals surface area contributed by atoms with Gasteiger partial charge in [0.15, 0.2) is 0 Å². The van der Waals surface area contributed by atoms with E-state index in [0.29, 0.717) is 22.0 Å². The van der Waals surface area contributed by atoms with E-state index in [2.05, 4.69) is 31.9 Å². The molecule has 0 saturated heterocycles. The van der Waals surface area contributed by atoms with E-state index in [0.717, 1.165) is 5.56 Å². The number of hydrogen-bond acceptors (Lipinski definition) is 2. The standard InChI is InChI=1S/C10H9Br2FO2/c11-5-8(14)3-7-1-2-9(12)10(4-7)15-6-13/h1-2,4H,3,5-6H2. The van der Waals surface area contributed by atoms with Crippen LogP contribution in [0.15, 0.2) is 22.7 Å². The molecular weight excluding hydrogens is 331 g/mol. The maximum absolute atomic E-state index is 12.0. The Hall–Kier alpha value is -0.420. The summed E-state index contributed by atoms with van der Waals surface area (Å²) in [6.45, 7) is -0.881. The van der Waals surface area contributed by atoms with Crippen molar-refractivity contribution >= 4 is 37.6 Å². The average Bonchev–Trinajstić information content (AvgIpc) is 2.23. The Kier molecular flexibility index (Phi) is 5.25. The lowest BCUT2D eigenvalue weighted by Gasteiger charge is -2.06. The second kappa shape index (κ2) is 6.23. The molecule has 0 aliphatic rings. The number of ketones is 1. The van der Waals surface area contributed by atoms with Crippen LogP contribution in [0.25, 0.3) is 0 Å². The van der Waals surface area contributed by atoms with Crippen LogP contribution in [-0.2, 0) is 11.2 Å². The Bertz CT molecular complexity index is 355. The van der Waals surface area contributed by atoms with Crippen LogP contribution in [0.1, 0.15) is 5.56 Å². The van der Waals surface area contributed by atoms with Crippen molar-refractivity contribution in [2.75, 3.05) is 12.2 Å². The number of ether oxygens (including phenoxy) is 1. The van der Waals surface area contributed by atoms with Crippen LogP contribution in [0.2, 0.25) is 0 Å². The number of Topliss-reactive ketones (excluding diaryl/α,β-unsaturated/α-hetero) is 1. The third-order valence-corrected chi connectivity index (χ3v) is 3.04. The Morgan fingerprint density at radius 1 is 1.47 bits per heavy atom. The molecule has 1 rings (SSSR count). The summed E-state index contributed by atoms with van der Waals surface area (Å²) in [6.07, 6.45) is 0.321. The zero-order chi connectivity index (χ0) is 11.3. The minimum Gasteiger partial charge on any atom is -0.462 e. The Morgan fingerprint density at radius 2 is 2.20 bits per heavy atom. The van der Waals surface area contributed by atoms with E-state index in [1.165, 1.54) is 0 Å². The van der Waals surface area contributed by atoms with Crippen LogP contribution in [0.5, 0.6) is 5.75 Å². The lowest BCUT2D eigenvalue weighted by atomic mass is 10.1. The topological polar surface area (TPSA) is 26.3 Å². The lowest BCUT2D eigenvalue weighted by molar-refractivity contribution is -0.115. The van der Waals surface area contributed by atoms with E-state index in [-0.39, 0.29) is 5.78 Å². The average molecular weight is 340 g/mol. The molecule has 82 valence electrons. The van der Waals surface area contributed by atoms with Gasteiger partial charge in [-0.1, -0.05) is 22.0 Å². The number of alkyl halides is 2. The smallest absolute Gasteiger partial charge is 0.228 e. The second-order valence-electron chi connectivity index (χ2n) is 2.87. The molecule has 15 heavy (non-hydrogen) atoms. The molecule has 0 spiro atoms. The maximum atomic E-state index is 12.0. The summed E-state index contributed by atoms with van der Waals surface area (Å²) in [5.41, 5.74) is 0.811. The summed E-state index contributed by atoms with van der Waals surface area (Å²) in [6, 6.07) is 5.20. The van der Waals surface area contributed by atoms with Gasteiger partial charge in [0.05, 0.1) is 9.80 Å². The lowest BCUT2D eigenvalue weighted by Crippen LogP contribution is -2.03. The van der Waals surface area contributed by atoms with Gasteiger partial charge in [0.1, 0.15) is 11.5 Å². The summed E-state index contributed by atoms with van der Waals surface area (Å²) in [7, 11) is 0. The SMILES string of the molecule is O=C(CBr)Cc1ccc(Br)c(OCF)c1. The first-order valence-electron chi connectivity index (χ1n) is 4.22. The molecule has 2 nitrogen and oxygen atoms in total. The predicted molar refractivity (Wildman–Crippen MR) is 63.3 cm³/mol. The van der Waals surface area contributed by atoms with Crippen molar-refractivity contribution in [1.82, 2.24) is 0 Å². The van der Waals surface area contributed by atoms with Crippen LogP contribution in [0.4, 0.5) is 4.39 Å². The molecule has 0 unspecified atom stereocenters. The van der Waals surface area contributed by atoms with Crippen molar-refractivity contribution in [2.45, 2.75) is 6.42 Å². The summed E-state index contributed by atoms with van der Waals surface area (Å²) in [5.74, 6) is 0.487. The molecule has 0 amide bonds. The third kappa shape index (κ3) is 3.91. The molecule has 5 heteroatoms. The number of carbonyl (C=O) groups excluding carboxylic acids is 1. The quantitative estimate of drug-likeness (QED) is 0.770. The zero-order valence-electron chi connectivity index (χ0n) is 7.80. The first-order valence-corrected chi connectivity index (χ1v) is 6.13. The highest BCUT2D eigenvalue weighted by Crippen LogP contribution is 2.26. The summed E-state index contributed by atoms with van der Waals surface area (Å²) in [5, 5.41) is 0.322. The van der Waals surface area contributed by atoms with Gasteiger partial charge in [0.25, 0.3) is 0 Å². The van der Waals surface area contributed by atoms with Crippen molar-refractivity contribution in [1.29, 1.82) is 0 Å². The van der Waals surface area contributed by atoms with Crippen LogP contribution in [-0.4, -0.2) is 18.0 Å². The highest BCUT2D eigenvalue weighted by Gasteiger charge is 2.06. The van der Waals surface area contributed by atoms with E-state index < -0.39 is 6.86 Å². The predicted octanol–water partition coefficient (Wildman–Crippen LogP) is 3.26. The van der Waals surface area contributed by atoms with Crippen LogP contribution in [0, 0.1) is 0 Å². The number of halogens is 3. The van der Waals surface area contributed by atoms with Gasteiger partial charge in [-0.3, -0.25) is 4.79 Å². The summed E-state index contributed by atoms with van der Waals surface area (Å²) >= 11 is 6.31. The molecule has 0 saturated carbocycles. The molecule has 0 radical (unpaired) electrons. The van der Waals surface area contributed by atoms with Gasteiger partial charge >= 0.3 is 0 Å². The van der Waals surface area contributed by atoms with E-state index in [9.17, 15) is 9.18 Å². The zero-order valence-corrected chi connectivity index (χ0v) is 11.0. The van der Waals surface area contributed by atoms with Crippen molar-refractivity contribution < 1.29 is 13.9 Å². The fourth-order valence-corrected chi connectivity index (χ4v) is 1.66. The fraction of sp³-hybridized carbons (Fsp3) is 0.300. The maximum Gasteiger partial charge on any atom is 0.228 e. The highest BCUT2D eigenvalue weighted by molar-refractivity contribution is 9.10. The van der Waals surface area contributed by atoms with Crippen LogP contribution in [0.3, 0.4) is 0 Å². The molecule has 0 aromatic heterocycles. The molecule has 0 aliphatic carbocycles. The van der Waals surface area contributed by atoms with E-state index in [4.69, 9.17) is 4.74 Å². The van der Waals surface area contributed by atoms with E-state index in [1.54, 1.807) is 18.2 Å². The molecule has 1 aromatic rings. The minimum absolute atomic E-state index is 0.0727. The van der Waals surface area contributed by atoms with Crippen molar-refractivity contribution in [3.63, 3.8) is 0 Å². The van der Waals surface area contributed by atoms with Gasteiger partial charge in [-0.2, -0.15) is 0 Å². The fourth-order valence-electron chi connectivity index (χ4n) is 1.10. The van der Waals surface area contributed by atoms with Gasteiger partial charge in [-0.05, 0) is 33.6 Å². The Morgan fingerprint density at radius 3 is 2.80 bits per heavy atom. The number of benzene rings is 1. The monoisotopic (exact) mass is 338 g/mol. The van der Waals surface area contributed by atoms with Crippen LogP contribution < -0.4 is 4.74 Å². The first-order chi connectivity index (χ1) is 7.17. The van der Waals surface area contributed by atoms with E-state index >= 15 is 0 Å². The van der Waals surface area contributed by atoms with Gasteiger partial charge in [-0.25, -0.2) is 4.39 Å². The van der Waals surface area contributed by atoms with Gasteiger partial charge in [0, 0.05) is 6.42 Å². The Labute approximate surface area is 104 Å². The Balaban J connectivity index is 2.82. The molecular formula is C10H9Br2FO2. The van der Waals surface area contributed by atoms with Gasteiger partial charge in [0.2, 0.25) is 6.86 Å². The van der Waals surface area contributed by atoms with Crippen molar-refractivity contribution in [2.24, 2.45) is 0 Å².